The zero-order chi connectivity index (χ0) is 13.0. The van der Waals surface area contributed by atoms with Crippen molar-refractivity contribution in [2.75, 3.05) is 26.3 Å². The van der Waals surface area contributed by atoms with Gasteiger partial charge in [-0.15, -0.1) is 0 Å². The van der Waals surface area contributed by atoms with E-state index in [0.717, 1.165) is 26.2 Å². The molecule has 2 rings (SSSR count). The van der Waals surface area contributed by atoms with Crippen LogP contribution in [-0.2, 0) is 4.74 Å². The highest BCUT2D eigenvalue weighted by Gasteiger charge is 2.23. The zero-order valence-electron chi connectivity index (χ0n) is 10.4. The molecule has 0 N–H and O–H groups in total. The summed E-state index contributed by atoms with van der Waals surface area (Å²) >= 11 is 3.32. The minimum Gasteiger partial charge on any atom is -0.381 e. The molecule has 0 radical (unpaired) electrons. The molecule has 1 aliphatic heterocycles. The predicted octanol–water partition coefficient (Wildman–Crippen LogP) is 2.34. The summed E-state index contributed by atoms with van der Waals surface area (Å²) in [6.45, 7) is 5.04. The van der Waals surface area contributed by atoms with Crippen LogP contribution in [0.1, 0.15) is 23.7 Å². The van der Waals surface area contributed by atoms with Gasteiger partial charge >= 0.3 is 0 Å². The summed E-state index contributed by atoms with van der Waals surface area (Å²) in [4.78, 5) is 18.4. The Balaban J connectivity index is 2.07. The van der Waals surface area contributed by atoms with Gasteiger partial charge in [0.15, 0.2) is 0 Å². The van der Waals surface area contributed by atoms with Crippen LogP contribution < -0.4 is 0 Å². The van der Waals surface area contributed by atoms with Crippen molar-refractivity contribution in [1.29, 1.82) is 0 Å². The Morgan fingerprint density at radius 3 is 3.11 bits per heavy atom. The number of hydrogen-bond acceptors (Lipinski definition) is 3. The summed E-state index contributed by atoms with van der Waals surface area (Å²) in [6, 6.07) is 3.58. The van der Waals surface area contributed by atoms with E-state index in [0.29, 0.717) is 22.6 Å². The number of carbonyl (C=O) groups is 1. The van der Waals surface area contributed by atoms with Gasteiger partial charge in [0.2, 0.25) is 0 Å². The first-order chi connectivity index (χ1) is 8.72. The molecule has 1 fully saturated rings. The number of nitrogens with zero attached hydrogens (tertiary/aromatic N) is 2. The molecule has 5 heteroatoms. The molecule has 1 atom stereocenters. The summed E-state index contributed by atoms with van der Waals surface area (Å²) in [5.74, 6) is 0.494. The lowest BCUT2D eigenvalue weighted by atomic mass is 10.1. The largest absolute Gasteiger partial charge is 0.381 e. The standard InChI is InChI=1S/C13H17BrN2O2/c1-2-16(8-10-5-7-18-9-10)13(17)11-4-3-6-15-12(11)14/h3-4,6,10H,2,5,7-9H2,1H3. The second-order valence-electron chi connectivity index (χ2n) is 4.42. The lowest BCUT2D eigenvalue weighted by Gasteiger charge is -2.24. The SMILES string of the molecule is CCN(CC1CCOC1)C(=O)c1cccnc1Br. The number of rotatable bonds is 4. The molecule has 1 aromatic rings. The van der Waals surface area contributed by atoms with Gasteiger partial charge in [-0.25, -0.2) is 4.98 Å². The molecule has 1 aliphatic rings. The van der Waals surface area contributed by atoms with E-state index in [4.69, 9.17) is 4.74 Å². The van der Waals surface area contributed by atoms with Crippen molar-refractivity contribution in [2.24, 2.45) is 5.92 Å². The second kappa shape index (κ2) is 6.29. The summed E-state index contributed by atoms with van der Waals surface area (Å²) < 4.78 is 5.96. The lowest BCUT2D eigenvalue weighted by molar-refractivity contribution is 0.0729. The molecule has 98 valence electrons. The number of halogens is 1. The average Bonchev–Trinajstić information content (AvgIpc) is 2.88. The van der Waals surface area contributed by atoms with Gasteiger partial charge in [-0.3, -0.25) is 4.79 Å². The van der Waals surface area contributed by atoms with Crippen molar-refractivity contribution in [3.05, 3.63) is 28.5 Å². The molecule has 0 aliphatic carbocycles. The Kier molecular flexibility index (Phi) is 4.72. The summed E-state index contributed by atoms with van der Waals surface area (Å²) in [6.07, 6.45) is 2.71. The van der Waals surface area contributed by atoms with Gasteiger partial charge in [-0.05, 0) is 41.4 Å². The Labute approximate surface area is 115 Å². The number of pyridine rings is 1. The van der Waals surface area contributed by atoms with Crippen LogP contribution in [0.2, 0.25) is 0 Å². The van der Waals surface area contributed by atoms with Crippen molar-refractivity contribution in [1.82, 2.24) is 9.88 Å². The van der Waals surface area contributed by atoms with Crippen LogP contribution in [0.3, 0.4) is 0 Å². The number of aromatic nitrogens is 1. The maximum absolute atomic E-state index is 12.4. The van der Waals surface area contributed by atoms with E-state index >= 15 is 0 Å². The van der Waals surface area contributed by atoms with Crippen molar-refractivity contribution in [3.8, 4) is 0 Å². The number of ether oxygens (including phenoxy) is 1. The summed E-state index contributed by atoms with van der Waals surface area (Å²) in [5.41, 5.74) is 0.623. The number of hydrogen-bond donors (Lipinski definition) is 0. The molecule has 1 unspecified atom stereocenters. The van der Waals surface area contributed by atoms with E-state index in [1.165, 1.54) is 0 Å². The lowest BCUT2D eigenvalue weighted by Crippen LogP contribution is -2.35. The van der Waals surface area contributed by atoms with Gasteiger partial charge in [0.05, 0.1) is 12.2 Å². The van der Waals surface area contributed by atoms with Crippen molar-refractivity contribution in [2.45, 2.75) is 13.3 Å². The van der Waals surface area contributed by atoms with Crippen LogP contribution in [-0.4, -0.2) is 42.1 Å². The number of carbonyl (C=O) groups excluding carboxylic acids is 1. The van der Waals surface area contributed by atoms with Crippen LogP contribution in [0.15, 0.2) is 22.9 Å². The predicted molar refractivity (Wildman–Crippen MR) is 72.4 cm³/mol. The highest BCUT2D eigenvalue weighted by Crippen LogP contribution is 2.18. The van der Waals surface area contributed by atoms with Crippen molar-refractivity contribution in [3.63, 3.8) is 0 Å². The van der Waals surface area contributed by atoms with E-state index in [2.05, 4.69) is 20.9 Å². The first-order valence-corrected chi connectivity index (χ1v) is 6.99. The van der Waals surface area contributed by atoms with Gasteiger partial charge < -0.3 is 9.64 Å². The molecule has 0 bridgehead atoms. The Morgan fingerprint density at radius 1 is 1.67 bits per heavy atom. The van der Waals surface area contributed by atoms with Gasteiger partial charge in [-0.1, -0.05) is 0 Å². The van der Waals surface area contributed by atoms with Crippen molar-refractivity contribution >= 4 is 21.8 Å². The molecular weight excluding hydrogens is 296 g/mol. The normalized spacial score (nSPS) is 18.9. The van der Waals surface area contributed by atoms with E-state index in [1.54, 1.807) is 18.3 Å². The van der Waals surface area contributed by atoms with E-state index in [-0.39, 0.29) is 5.91 Å². The minimum atomic E-state index is 0.0318. The first kappa shape index (κ1) is 13.5. The molecule has 0 spiro atoms. The van der Waals surface area contributed by atoms with E-state index in [9.17, 15) is 4.79 Å². The van der Waals surface area contributed by atoms with Crippen molar-refractivity contribution < 1.29 is 9.53 Å². The highest BCUT2D eigenvalue weighted by atomic mass is 79.9. The molecule has 1 saturated heterocycles. The van der Waals surface area contributed by atoms with E-state index in [1.807, 2.05) is 11.8 Å². The Morgan fingerprint density at radius 2 is 2.50 bits per heavy atom. The first-order valence-electron chi connectivity index (χ1n) is 6.20. The molecule has 4 nitrogen and oxygen atoms in total. The van der Waals surface area contributed by atoms with Crippen LogP contribution >= 0.6 is 15.9 Å². The molecule has 18 heavy (non-hydrogen) atoms. The third-order valence-electron chi connectivity index (χ3n) is 3.16. The molecule has 1 aromatic heterocycles. The molecule has 1 amide bonds. The molecule has 0 saturated carbocycles. The fourth-order valence-electron chi connectivity index (χ4n) is 2.11. The average molecular weight is 313 g/mol. The number of amides is 1. The van der Waals surface area contributed by atoms with Gasteiger partial charge in [0, 0.05) is 31.8 Å². The second-order valence-corrected chi connectivity index (χ2v) is 5.17. The van der Waals surface area contributed by atoms with E-state index < -0.39 is 0 Å². The van der Waals surface area contributed by atoms with Crippen LogP contribution in [0, 0.1) is 5.92 Å². The maximum atomic E-state index is 12.4. The summed E-state index contributed by atoms with van der Waals surface area (Å²) in [5, 5.41) is 0. The van der Waals surface area contributed by atoms with Crippen LogP contribution in [0.25, 0.3) is 0 Å². The third kappa shape index (κ3) is 3.09. The van der Waals surface area contributed by atoms with Gasteiger partial charge in [-0.2, -0.15) is 0 Å². The summed E-state index contributed by atoms with van der Waals surface area (Å²) in [7, 11) is 0. The zero-order valence-corrected chi connectivity index (χ0v) is 12.0. The minimum absolute atomic E-state index is 0.0318. The fourth-order valence-corrected chi connectivity index (χ4v) is 2.53. The Hall–Kier alpha value is -0.940. The van der Waals surface area contributed by atoms with Crippen LogP contribution in [0.5, 0.6) is 0 Å². The molecular formula is C13H17BrN2O2. The smallest absolute Gasteiger partial charge is 0.256 e. The molecule has 2 heterocycles. The Bertz CT molecular complexity index is 419. The highest BCUT2D eigenvalue weighted by molar-refractivity contribution is 9.10. The monoisotopic (exact) mass is 312 g/mol. The maximum Gasteiger partial charge on any atom is 0.256 e. The topological polar surface area (TPSA) is 42.4 Å². The van der Waals surface area contributed by atoms with Gasteiger partial charge in [0.25, 0.3) is 5.91 Å². The fraction of sp³-hybridized carbons (Fsp3) is 0.538. The third-order valence-corrected chi connectivity index (χ3v) is 3.79. The van der Waals surface area contributed by atoms with Crippen LogP contribution in [0.4, 0.5) is 0 Å². The quantitative estimate of drug-likeness (QED) is 0.801. The van der Waals surface area contributed by atoms with Gasteiger partial charge in [0.1, 0.15) is 4.60 Å². The molecule has 0 aromatic carbocycles.